The molecular formula is C33H43F2N7O. The minimum absolute atomic E-state index is 0.0218. The monoisotopic (exact) mass is 591 g/mol. The van der Waals surface area contributed by atoms with Gasteiger partial charge in [0.1, 0.15) is 0 Å². The van der Waals surface area contributed by atoms with Gasteiger partial charge in [-0.15, -0.1) is 0 Å². The molecule has 7 rings (SSSR count). The average Bonchev–Trinajstić information content (AvgIpc) is 3.64. The van der Waals surface area contributed by atoms with Gasteiger partial charge < -0.3 is 15.1 Å². The molecule has 1 aliphatic carbocycles. The van der Waals surface area contributed by atoms with E-state index >= 15 is 0 Å². The molecule has 3 aliphatic heterocycles. The highest BCUT2D eigenvalue weighted by molar-refractivity contribution is 5.78. The number of nitrogens with zero attached hydrogens (tertiary/aromatic N) is 6. The predicted octanol–water partition coefficient (Wildman–Crippen LogP) is 5.94. The molecule has 1 saturated carbocycles. The third-order valence-electron chi connectivity index (χ3n) is 10.5. The number of carbonyl (C=O) groups excluding carboxylic acids is 1. The van der Waals surface area contributed by atoms with E-state index in [1.165, 1.54) is 31.4 Å². The van der Waals surface area contributed by atoms with Crippen molar-refractivity contribution in [3.05, 3.63) is 46.9 Å². The largest absolute Gasteiger partial charge is 0.338 e. The molecule has 4 aliphatic rings. The Bertz CT molecular complexity index is 1480. The van der Waals surface area contributed by atoms with Gasteiger partial charge in [-0.25, -0.2) is 8.78 Å². The lowest BCUT2D eigenvalue weighted by Crippen LogP contribution is -2.36. The number of hydrogen-bond donors (Lipinski definition) is 1. The quantitative estimate of drug-likeness (QED) is 0.398. The number of rotatable bonds is 5. The molecule has 10 heteroatoms. The Hall–Kier alpha value is -3.27. The van der Waals surface area contributed by atoms with Crippen LogP contribution in [-0.4, -0.2) is 56.5 Å². The van der Waals surface area contributed by atoms with E-state index in [9.17, 15) is 13.6 Å². The van der Waals surface area contributed by atoms with Crippen molar-refractivity contribution >= 4 is 17.4 Å². The lowest BCUT2D eigenvalue weighted by atomic mass is 9.75. The van der Waals surface area contributed by atoms with E-state index in [0.717, 1.165) is 79.7 Å². The number of aromatic nitrogens is 4. The molecule has 2 aromatic heterocycles. The van der Waals surface area contributed by atoms with Gasteiger partial charge in [0.2, 0.25) is 5.91 Å². The second kappa shape index (κ2) is 11.7. The number of benzene rings is 1. The summed E-state index contributed by atoms with van der Waals surface area (Å²) < 4.78 is 33.0. The van der Waals surface area contributed by atoms with Crippen molar-refractivity contribution in [1.29, 1.82) is 0 Å². The van der Waals surface area contributed by atoms with E-state index in [1.54, 1.807) is 37.1 Å². The Morgan fingerprint density at radius 1 is 1.02 bits per heavy atom. The van der Waals surface area contributed by atoms with Gasteiger partial charge in [-0.05, 0) is 99.6 Å². The lowest BCUT2D eigenvalue weighted by Gasteiger charge is -2.37. The SMILES string of the molecule is CC(=O)N1CCc2c(c(N3CCCc4cc(-c5cnn(C)c5)c(C(F)F)cc43)nn2C2CCC(C3CCNCC3)CC2)C1. The molecule has 230 valence electrons. The number of aryl methyl sites for hydroxylation is 2. The number of fused-ring (bicyclic) bond motifs is 2. The van der Waals surface area contributed by atoms with E-state index in [1.807, 2.05) is 11.0 Å². The van der Waals surface area contributed by atoms with Gasteiger partial charge >= 0.3 is 0 Å². The fourth-order valence-corrected chi connectivity index (χ4v) is 8.21. The van der Waals surface area contributed by atoms with E-state index in [0.29, 0.717) is 36.8 Å². The van der Waals surface area contributed by atoms with Gasteiger partial charge in [-0.1, -0.05) is 0 Å². The van der Waals surface area contributed by atoms with Gasteiger partial charge in [0, 0.05) is 67.8 Å². The normalized spacial score (nSPS) is 23.0. The van der Waals surface area contributed by atoms with E-state index < -0.39 is 6.43 Å². The van der Waals surface area contributed by atoms with Crippen LogP contribution in [0, 0.1) is 11.8 Å². The van der Waals surface area contributed by atoms with Gasteiger partial charge in [0.25, 0.3) is 6.43 Å². The zero-order valence-electron chi connectivity index (χ0n) is 25.4. The molecule has 8 nitrogen and oxygen atoms in total. The number of anilines is 2. The van der Waals surface area contributed by atoms with Crippen molar-refractivity contribution < 1.29 is 13.6 Å². The first-order valence-electron chi connectivity index (χ1n) is 16.2. The summed E-state index contributed by atoms with van der Waals surface area (Å²) in [4.78, 5) is 16.5. The van der Waals surface area contributed by atoms with Crippen molar-refractivity contribution in [2.75, 3.05) is 31.1 Å². The summed E-state index contributed by atoms with van der Waals surface area (Å²) in [6, 6.07) is 3.97. The molecule has 1 N–H and O–H groups in total. The Kier molecular flexibility index (Phi) is 7.74. The van der Waals surface area contributed by atoms with Gasteiger partial charge in [0.15, 0.2) is 5.82 Å². The number of nitrogens with one attached hydrogen (secondary N) is 1. The standard InChI is InChI=1S/C33H43F2N7O/c1-21(43)40-15-11-30-29(20-40)33(38-42(30)26-7-5-22(6-8-26)23-9-12-36-13-10-23)41-14-3-4-24-16-27(25-18-37-39(2)19-25)28(32(34)35)17-31(24)41/h16-19,22-23,26,32,36H,3-15,20H2,1-2H3. The van der Waals surface area contributed by atoms with E-state index in [2.05, 4.69) is 20.0 Å². The number of carbonyl (C=O) groups is 1. The number of alkyl halides is 2. The Balaban J connectivity index is 1.25. The summed E-state index contributed by atoms with van der Waals surface area (Å²) in [5.41, 5.74) is 5.46. The molecule has 0 atom stereocenters. The van der Waals surface area contributed by atoms with Crippen molar-refractivity contribution in [1.82, 2.24) is 29.8 Å². The zero-order valence-corrected chi connectivity index (χ0v) is 25.4. The Morgan fingerprint density at radius 2 is 1.79 bits per heavy atom. The zero-order chi connectivity index (χ0) is 29.7. The number of hydrogen-bond acceptors (Lipinski definition) is 5. The highest BCUT2D eigenvalue weighted by Gasteiger charge is 2.36. The molecule has 0 spiro atoms. The number of halogens is 2. The van der Waals surface area contributed by atoms with Crippen LogP contribution in [0.15, 0.2) is 24.5 Å². The van der Waals surface area contributed by atoms with Crippen molar-refractivity contribution in [3.63, 3.8) is 0 Å². The topological polar surface area (TPSA) is 71.2 Å². The average molecular weight is 592 g/mol. The summed E-state index contributed by atoms with van der Waals surface area (Å²) in [6.07, 6.45) is 10.6. The smallest absolute Gasteiger partial charge is 0.264 e. The third-order valence-corrected chi connectivity index (χ3v) is 10.5. The lowest BCUT2D eigenvalue weighted by molar-refractivity contribution is -0.129. The second-order valence-corrected chi connectivity index (χ2v) is 13.1. The first-order valence-corrected chi connectivity index (χ1v) is 16.2. The molecule has 43 heavy (non-hydrogen) atoms. The third kappa shape index (κ3) is 5.36. The van der Waals surface area contributed by atoms with Crippen molar-refractivity contribution in [2.24, 2.45) is 18.9 Å². The molecule has 3 aromatic rings. The fraction of sp³-hybridized carbons (Fsp3) is 0.606. The molecule has 5 heterocycles. The maximum absolute atomic E-state index is 14.5. The van der Waals surface area contributed by atoms with Crippen molar-refractivity contribution in [3.8, 4) is 11.1 Å². The van der Waals surface area contributed by atoms with Gasteiger partial charge in [-0.3, -0.25) is 14.2 Å². The minimum Gasteiger partial charge on any atom is -0.338 e. The summed E-state index contributed by atoms with van der Waals surface area (Å²) in [6.45, 7) is 5.84. The minimum atomic E-state index is -2.61. The van der Waals surface area contributed by atoms with E-state index in [4.69, 9.17) is 5.10 Å². The first kappa shape index (κ1) is 28.5. The maximum atomic E-state index is 14.5. The van der Waals surface area contributed by atoms with Crippen LogP contribution in [-0.2, 0) is 31.2 Å². The summed E-state index contributed by atoms with van der Waals surface area (Å²) in [5.74, 6) is 2.54. The molecule has 2 fully saturated rings. The maximum Gasteiger partial charge on any atom is 0.264 e. The number of amides is 1. The van der Waals surface area contributed by atoms with Crippen LogP contribution in [0.5, 0.6) is 0 Å². The van der Waals surface area contributed by atoms with Crippen LogP contribution < -0.4 is 10.2 Å². The highest BCUT2D eigenvalue weighted by Crippen LogP contribution is 2.45. The van der Waals surface area contributed by atoms with Crippen LogP contribution >= 0.6 is 0 Å². The van der Waals surface area contributed by atoms with Gasteiger partial charge in [-0.2, -0.15) is 10.2 Å². The Labute approximate surface area is 252 Å². The molecule has 1 aromatic carbocycles. The van der Waals surface area contributed by atoms with Crippen LogP contribution in [0.1, 0.15) is 86.7 Å². The van der Waals surface area contributed by atoms with Crippen LogP contribution in [0.25, 0.3) is 11.1 Å². The summed E-state index contributed by atoms with van der Waals surface area (Å²) >= 11 is 0. The molecule has 0 radical (unpaired) electrons. The predicted molar refractivity (Wildman–Crippen MR) is 163 cm³/mol. The van der Waals surface area contributed by atoms with Crippen LogP contribution in [0.3, 0.4) is 0 Å². The summed E-state index contributed by atoms with van der Waals surface area (Å²) in [5, 5.41) is 13.1. The first-order chi connectivity index (χ1) is 20.9. The fourth-order valence-electron chi connectivity index (χ4n) is 8.21. The Morgan fingerprint density at radius 3 is 2.49 bits per heavy atom. The van der Waals surface area contributed by atoms with Crippen LogP contribution in [0.2, 0.25) is 0 Å². The van der Waals surface area contributed by atoms with Gasteiger partial charge in [0.05, 0.1) is 18.8 Å². The highest BCUT2D eigenvalue weighted by atomic mass is 19.3. The number of piperidine rings is 1. The molecule has 0 unspecified atom stereocenters. The van der Waals surface area contributed by atoms with E-state index in [-0.39, 0.29) is 11.5 Å². The van der Waals surface area contributed by atoms with Crippen LogP contribution in [0.4, 0.5) is 20.3 Å². The molecule has 0 bridgehead atoms. The summed E-state index contributed by atoms with van der Waals surface area (Å²) in [7, 11) is 1.80. The second-order valence-electron chi connectivity index (χ2n) is 13.1. The molecule has 1 amide bonds. The molecule has 1 saturated heterocycles. The molecular weight excluding hydrogens is 548 g/mol. The van der Waals surface area contributed by atoms with Crippen molar-refractivity contribution in [2.45, 2.75) is 83.7 Å².